The van der Waals surface area contributed by atoms with Crippen LogP contribution in [0.4, 0.5) is 5.69 Å². The average molecular weight is 317 g/mol. The SMILES string of the molecule is CCCCC(=O)N(C)c1cc(-c2ccccc2)sc1C(=O)O. The van der Waals surface area contributed by atoms with E-state index in [1.54, 1.807) is 13.1 Å². The van der Waals surface area contributed by atoms with E-state index < -0.39 is 5.97 Å². The van der Waals surface area contributed by atoms with Crippen molar-refractivity contribution in [2.75, 3.05) is 11.9 Å². The van der Waals surface area contributed by atoms with E-state index in [4.69, 9.17) is 0 Å². The molecule has 0 fully saturated rings. The Hall–Kier alpha value is -2.14. The van der Waals surface area contributed by atoms with Crippen molar-refractivity contribution in [1.29, 1.82) is 0 Å². The molecule has 0 atom stereocenters. The molecule has 0 saturated heterocycles. The minimum Gasteiger partial charge on any atom is -0.477 e. The summed E-state index contributed by atoms with van der Waals surface area (Å²) in [6.45, 7) is 2.02. The highest BCUT2D eigenvalue weighted by Gasteiger charge is 2.22. The maximum Gasteiger partial charge on any atom is 0.348 e. The van der Waals surface area contributed by atoms with Crippen molar-refractivity contribution >= 4 is 28.9 Å². The number of aromatic carboxylic acids is 1. The standard InChI is InChI=1S/C17H19NO3S/c1-3-4-10-15(19)18(2)13-11-14(22-16(13)17(20)21)12-8-6-5-7-9-12/h5-9,11H,3-4,10H2,1-2H3,(H,20,21). The van der Waals surface area contributed by atoms with Crippen LogP contribution >= 0.6 is 11.3 Å². The molecule has 2 rings (SSSR count). The van der Waals surface area contributed by atoms with Gasteiger partial charge >= 0.3 is 5.97 Å². The molecule has 1 N–H and O–H groups in total. The zero-order valence-electron chi connectivity index (χ0n) is 12.7. The van der Waals surface area contributed by atoms with E-state index in [0.29, 0.717) is 12.1 Å². The molecule has 0 aliphatic heterocycles. The molecule has 2 aromatic rings. The Labute approximate surface area is 134 Å². The molecule has 5 heteroatoms. The van der Waals surface area contributed by atoms with Gasteiger partial charge in [0.25, 0.3) is 0 Å². The number of carbonyl (C=O) groups excluding carboxylic acids is 1. The van der Waals surface area contributed by atoms with E-state index >= 15 is 0 Å². The third kappa shape index (κ3) is 3.54. The third-order valence-corrected chi connectivity index (χ3v) is 4.61. The molecule has 4 nitrogen and oxygen atoms in total. The van der Waals surface area contributed by atoms with Crippen LogP contribution in [0.2, 0.25) is 0 Å². The molecule has 1 amide bonds. The number of thiophene rings is 1. The predicted molar refractivity (Wildman–Crippen MR) is 89.6 cm³/mol. The quantitative estimate of drug-likeness (QED) is 0.865. The summed E-state index contributed by atoms with van der Waals surface area (Å²) in [4.78, 5) is 26.2. The van der Waals surface area contributed by atoms with Crippen LogP contribution in [0.1, 0.15) is 35.9 Å². The molecular weight excluding hydrogens is 298 g/mol. The number of rotatable bonds is 6. The summed E-state index contributed by atoms with van der Waals surface area (Å²) >= 11 is 1.20. The van der Waals surface area contributed by atoms with Gasteiger partial charge in [0.15, 0.2) is 0 Å². The van der Waals surface area contributed by atoms with Crippen LogP contribution in [0, 0.1) is 0 Å². The second-order valence-corrected chi connectivity index (χ2v) is 6.10. The Kier molecular flexibility index (Phi) is 5.33. The minimum absolute atomic E-state index is 0.0539. The van der Waals surface area contributed by atoms with Gasteiger partial charge < -0.3 is 10.0 Å². The van der Waals surface area contributed by atoms with E-state index in [1.807, 2.05) is 37.3 Å². The number of amides is 1. The molecule has 0 aliphatic rings. The van der Waals surface area contributed by atoms with Gasteiger partial charge in [-0.2, -0.15) is 0 Å². The molecular formula is C17H19NO3S. The van der Waals surface area contributed by atoms with E-state index in [0.717, 1.165) is 23.3 Å². The maximum atomic E-state index is 12.2. The van der Waals surface area contributed by atoms with Crippen molar-refractivity contribution in [3.63, 3.8) is 0 Å². The van der Waals surface area contributed by atoms with Crippen LogP contribution in [0.15, 0.2) is 36.4 Å². The molecule has 0 aliphatic carbocycles. The highest BCUT2D eigenvalue weighted by molar-refractivity contribution is 7.18. The molecule has 1 heterocycles. The van der Waals surface area contributed by atoms with Crippen LogP contribution in [-0.4, -0.2) is 24.0 Å². The van der Waals surface area contributed by atoms with Gasteiger partial charge in [0.2, 0.25) is 5.91 Å². The average Bonchev–Trinajstić information content (AvgIpc) is 2.98. The van der Waals surface area contributed by atoms with Crippen LogP contribution in [0.5, 0.6) is 0 Å². The maximum absolute atomic E-state index is 12.2. The number of hydrogen-bond acceptors (Lipinski definition) is 3. The molecule has 0 radical (unpaired) electrons. The summed E-state index contributed by atoms with van der Waals surface area (Å²) in [6, 6.07) is 11.4. The Balaban J connectivity index is 2.36. The topological polar surface area (TPSA) is 57.6 Å². The summed E-state index contributed by atoms with van der Waals surface area (Å²) in [5.74, 6) is -1.06. The third-order valence-electron chi connectivity index (χ3n) is 3.44. The molecule has 116 valence electrons. The normalized spacial score (nSPS) is 10.5. The van der Waals surface area contributed by atoms with Crippen molar-refractivity contribution in [3.05, 3.63) is 41.3 Å². The van der Waals surface area contributed by atoms with Gasteiger partial charge in [0.05, 0.1) is 5.69 Å². The fraction of sp³-hybridized carbons (Fsp3) is 0.294. The fourth-order valence-electron chi connectivity index (χ4n) is 2.16. The number of carboxylic acids is 1. The largest absolute Gasteiger partial charge is 0.477 e. The Morgan fingerprint density at radius 1 is 1.23 bits per heavy atom. The lowest BCUT2D eigenvalue weighted by molar-refractivity contribution is -0.118. The van der Waals surface area contributed by atoms with Crippen molar-refractivity contribution in [1.82, 2.24) is 0 Å². The summed E-state index contributed by atoms with van der Waals surface area (Å²) in [5, 5.41) is 9.41. The Morgan fingerprint density at radius 3 is 2.50 bits per heavy atom. The molecule has 1 aromatic heterocycles. The van der Waals surface area contributed by atoms with Crippen LogP contribution in [-0.2, 0) is 4.79 Å². The van der Waals surface area contributed by atoms with Gasteiger partial charge in [-0.05, 0) is 18.1 Å². The number of carboxylic acid groups (broad SMARTS) is 1. The fourth-order valence-corrected chi connectivity index (χ4v) is 3.19. The predicted octanol–water partition coefficient (Wildman–Crippen LogP) is 4.27. The first-order chi connectivity index (χ1) is 10.5. The Morgan fingerprint density at radius 2 is 1.91 bits per heavy atom. The minimum atomic E-state index is -1.00. The van der Waals surface area contributed by atoms with Crippen LogP contribution in [0.25, 0.3) is 10.4 Å². The van der Waals surface area contributed by atoms with Gasteiger partial charge in [-0.25, -0.2) is 4.79 Å². The summed E-state index contributed by atoms with van der Waals surface area (Å²) in [6.07, 6.45) is 2.17. The van der Waals surface area contributed by atoms with Crippen molar-refractivity contribution in [2.24, 2.45) is 0 Å². The molecule has 0 bridgehead atoms. The van der Waals surface area contributed by atoms with Crippen molar-refractivity contribution in [3.8, 4) is 10.4 Å². The van der Waals surface area contributed by atoms with E-state index in [-0.39, 0.29) is 10.8 Å². The van der Waals surface area contributed by atoms with Crippen molar-refractivity contribution < 1.29 is 14.7 Å². The zero-order chi connectivity index (χ0) is 16.1. The second-order valence-electron chi connectivity index (χ2n) is 5.05. The number of unbranched alkanes of at least 4 members (excludes halogenated alkanes) is 1. The molecule has 22 heavy (non-hydrogen) atoms. The lowest BCUT2D eigenvalue weighted by Gasteiger charge is -2.16. The number of benzene rings is 1. The first-order valence-electron chi connectivity index (χ1n) is 7.23. The number of nitrogens with zero attached hydrogens (tertiary/aromatic N) is 1. The first kappa shape index (κ1) is 16.2. The number of anilines is 1. The number of hydrogen-bond donors (Lipinski definition) is 1. The highest BCUT2D eigenvalue weighted by atomic mass is 32.1. The van der Waals surface area contributed by atoms with Gasteiger partial charge in [-0.15, -0.1) is 11.3 Å². The van der Waals surface area contributed by atoms with Crippen LogP contribution < -0.4 is 4.90 Å². The lowest BCUT2D eigenvalue weighted by Crippen LogP contribution is -2.26. The first-order valence-corrected chi connectivity index (χ1v) is 8.05. The molecule has 1 aromatic carbocycles. The van der Waals surface area contributed by atoms with E-state index in [1.165, 1.54) is 16.2 Å². The second kappa shape index (κ2) is 7.22. The van der Waals surface area contributed by atoms with E-state index in [2.05, 4.69) is 0 Å². The summed E-state index contributed by atoms with van der Waals surface area (Å²) in [7, 11) is 1.64. The molecule has 0 spiro atoms. The lowest BCUT2D eigenvalue weighted by atomic mass is 10.1. The smallest absolute Gasteiger partial charge is 0.348 e. The zero-order valence-corrected chi connectivity index (χ0v) is 13.5. The van der Waals surface area contributed by atoms with Crippen LogP contribution in [0.3, 0.4) is 0 Å². The molecule has 0 saturated carbocycles. The molecule has 0 unspecified atom stereocenters. The highest BCUT2D eigenvalue weighted by Crippen LogP contribution is 2.36. The van der Waals surface area contributed by atoms with Gasteiger partial charge in [0, 0.05) is 18.3 Å². The van der Waals surface area contributed by atoms with E-state index in [9.17, 15) is 14.7 Å². The Bertz CT molecular complexity index is 664. The summed E-state index contributed by atoms with van der Waals surface area (Å²) < 4.78 is 0. The summed E-state index contributed by atoms with van der Waals surface area (Å²) in [5.41, 5.74) is 1.42. The van der Waals surface area contributed by atoms with Gasteiger partial charge in [-0.1, -0.05) is 43.7 Å². The van der Waals surface area contributed by atoms with Gasteiger partial charge in [-0.3, -0.25) is 4.79 Å². The number of carbonyl (C=O) groups is 2. The van der Waals surface area contributed by atoms with Gasteiger partial charge in [0.1, 0.15) is 4.88 Å². The monoisotopic (exact) mass is 317 g/mol. The van der Waals surface area contributed by atoms with Crippen molar-refractivity contribution in [2.45, 2.75) is 26.2 Å².